The third-order valence-corrected chi connectivity index (χ3v) is 3.43. The van der Waals surface area contributed by atoms with E-state index in [4.69, 9.17) is 4.74 Å². The van der Waals surface area contributed by atoms with Crippen LogP contribution in [0.5, 0.6) is 0 Å². The minimum atomic E-state index is 0.322. The molecule has 0 spiro atoms. The van der Waals surface area contributed by atoms with Gasteiger partial charge < -0.3 is 4.74 Å². The maximum absolute atomic E-state index is 5.28. The first-order valence-electron chi connectivity index (χ1n) is 5.88. The Morgan fingerprint density at radius 1 is 1.53 bits per heavy atom. The molecule has 0 aliphatic heterocycles. The topological polar surface area (TPSA) is 9.23 Å². The van der Waals surface area contributed by atoms with Crippen molar-refractivity contribution in [3.8, 4) is 0 Å². The van der Waals surface area contributed by atoms with E-state index in [-0.39, 0.29) is 0 Å². The molecule has 0 aromatic carbocycles. The molecule has 86 valence electrons. The summed E-state index contributed by atoms with van der Waals surface area (Å²) in [4.78, 5) is 0. The lowest BCUT2D eigenvalue weighted by Crippen LogP contribution is -2.19. The van der Waals surface area contributed by atoms with E-state index in [2.05, 4.69) is 39.8 Å². The van der Waals surface area contributed by atoms with Gasteiger partial charge in [0.05, 0.1) is 6.10 Å². The highest BCUT2D eigenvalue weighted by Crippen LogP contribution is 2.40. The van der Waals surface area contributed by atoms with Crippen molar-refractivity contribution in [1.82, 2.24) is 0 Å². The minimum absolute atomic E-state index is 0.322. The molecule has 0 saturated carbocycles. The first kappa shape index (κ1) is 12.5. The lowest BCUT2D eigenvalue weighted by atomic mass is 9.73. The lowest BCUT2D eigenvalue weighted by molar-refractivity contribution is 0.120. The fraction of sp³-hybridized carbons (Fsp3) is 0.714. The molecule has 0 aromatic heterocycles. The van der Waals surface area contributed by atoms with E-state index in [0.717, 1.165) is 6.42 Å². The van der Waals surface area contributed by atoms with Gasteiger partial charge in [0, 0.05) is 7.11 Å². The molecule has 1 aliphatic rings. The van der Waals surface area contributed by atoms with E-state index in [9.17, 15) is 0 Å². The van der Waals surface area contributed by atoms with Crippen molar-refractivity contribution >= 4 is 0 Å². The molecule has 15 heavy (non-hydrogen) atoms. The summed E-state index contributed by atoms with van der Waals surface area (Å²) in [7, 11) is 1.78. The van der Waals surface area contributed by atoms with Crippen molar-refractivity contribution in [2.45, 2.75) is 53.1 Å². The van der Waals surface area contributed by atoms with Crippen molar-refractivity contribution < 1.29 is 4.74 Å². The molecule has 1 aliphatic carbocycles. The molecular weight excluding hydrogens is 184 g/mol. The third-order valence-electron chi connectivity index (χ3n) is 3.43. The maximum Gasteiger partial charge on any atom is 0.0577 e. The average Bonchev–Trinajstić information content (AvgIpc) is 2.15. The van der Waals surface area contributed by atoms with Gasteiger partial charge in [-0.15, -0.1) is 0 Å². The van der Waals surface area contributed by atoms with E-state index < -0.39 is 0 Å². The van der Waals surface area contributed by atoms with E-state index in [1.807, 2.05) is 0 Å². The summed E-state index contributed by atoms with van der Waals surface area (Å²) in [6, 6.07) is 0. The van der Waals surface area contributed by atoms with Crippen LogP contribution < -0.4 is 0 Å². The van der Waals surface area contributed by atoms with Crippen LogP contribution >= 0.6 is 0 Å². The molecule has 1 atom stereocenters. The van der Waals surface area contributed by atoms with Gasteiger partial charge in [0.2, 0.25) is 0 Å². The molecule has 0 N–H and O–H groups in total. The summed E-state index contributed by atoms with van der Waals surface area (Å²) in [5.41, 5.74) is 3.30. The Morgan fingerprint density at radius 2 is 2.20 bits per heavy atom. The van der Waals surface area contributed by atoms with Crippen molar-refractivity contribution in [2.24, 2.45) is 5.41 Å². The molecule has 0 heterocycles. The van der Waals surface area contributed by atoms with Gasteiger partial charge >= 0.3 is 0 Å². The third kappa shape index (κ3) is 3.20. The molecule has 1 unspecified atom stereocenters. The zero-order valence-corrected chi connectivity index (χ0v) is 10.8. The van der Waals surface area contributed by atoms with E-state index in [1.54, 1.807) is 7.11 Å². The van der Waals surface area contributed by atoms with Crippen molar-refractivity contribution in [3.63, 3.8) is 0 Å². The van der Waals surface area contributed by atoms with Crippen LogP contribution in [0.15, 0.2) is 23.3 Å². The van der Waals surface area contributed by atoms with Crippen molar-refractivity contribution in [1.29, 1.82) is 0 Å². The van der Waals surface area contributed by atoms with Gasteiger partial charge in [-0.25, -0.2) is 0 Å². The Hall–Kier alpha value is -0.560. The Labute approximate surface area is 94.2 Å². The van der Waals surface area contributed by atoms with Crippen LogP contribution in [0.4, 0.5) is 0 Å². The van der Waals surface area contributed by atoms with Crippen molar-refractivity contribution in [3.05, 3.63) is 23.3 Å². The van der Waals surface area contributed by atoms with Crippen molar-refractivity contribution in [2.75, 3.05) is 7.11 Å². The van der Waals surface area contributed by atoms with Gasteiger partial charge in [-0.2, -0.15) is 0 Å². The predicted octanol–water partition coefficient (Wildman–Crippen LogP) is 4.10. The monoisotopic (exact) mass is 208 g/mol. The summed E-state index contributed by atoms with van der Waals surface area (Å²) >= 11 is 0. The maximum atomic E-state index is 5.28. The summed E-state index contributed by atoms with van der Waals surface area (Å²) in [6.45, 7) is 9.02. The van der Waals surface area contributed by atoms with Crippen LogP contribution in [0.25, 0.3) is 0 Å². The molecule has 0 fully saturated rings. The Bertz CT molecular complexity index is 271. The summed E-state index contributed by atoms with van der Waals surface area (Å²) in [6.07, 6.45) is 8.53. The molecule has 0 aromatic rings. The number of rotatable bonds is 3. The van der Waals surface area contributed by atoms with Crippen LogP contribution in [0.1, 0.15) is 47.0 Å². The molecule has 1 nitrogen and oxygen atoms in total. The molecule has 0 amide bonds. The largest absolute Gasteiger partial charge is 0.381 e. The Morgan fingerprint density at radius 3 is 2.73 bits per heavy atom. The second-order valence-electron chi connectivity index (χ2n) is 5.21. The van der Waals surface area contributed by atoms with E-state index in [0.29, 0.717) is 11.5 Å². The summed E-state index contributed by atoms with van der Waals surface area (Å²) in [5, 5.41) is 0. The molecule has 0 saturated heterocycles. The predicted molar refractivity (Wildman–Crippen MR) is 65.9 cm³/mol. The molecule has 1 rings (SSSR count). The zero-order valence-electron chi connectivity index (χ0n) is 10.8. The van der Waals surface area contributed by atoms with Gasteiger partial charge in [-0.05, 0) is 44.1 Å². The summed E-state index contributed by atoms with van der Waals surface area (Å²) < 4.78 is 5.28. The Kier molecular flexibility index (Phi) is 4.15. The second-order valence-corrected chi connectivity index (χ2v) is 5.21. The van der Waals surface area contributed by atoms with Gasteiger partial charge in [0.25, 0.3) is 0 Å². The highest BCUT2D eigenvalue weighted by Gasteiger charge is 2.26. The van der Waals surface area contributed by atoms with E-state index >= 15 is 0 Å². The first-order chi connectivity index (χ1) is 6.97. The number of allylic oxidation sites excluding steroid dienone is 3. The standard InChI is InChI=1S/C14H24O/c1-11-7-6-10-14(3,4)13(11)9-8-12(2)15-5/h7,9,12H,6,8,10H2,1-5H3. The van der Waals surface area contributed by atoms with E-state index in [1.165, 1.54) is 24.0 Å². The average molecular weight is 208 g/mol. The van der Waals surface area contributed by atoms with Gasteiger partial charge in [0.15, 0.2) is 0 Å². The summed E-state index contributed by atoms with van der Waals surface area (Å²) in [5.74, 6) is 0. The fourth-order valence-corrected chi connectivity index (χ4v) is 2.25. The Balaban J connectivity index is 2.79. The van der Waals surface area contributed by atoms with Crippen LogP contribution in [0.3, 0.4) is 0 Å². The first-order valence-corrected chi connectivity index (χ1v) is 5.88. The SMILES string of the molecule is COC(C)CC=C1C(C)=CCCC1(C)C. The highest BCUT2D eigenvalue weighted by molar-refractivity contribution is 5.36. The number of hydrogen-bond donors (Lipinski definition) is 0. The number of ether oxygens (including phenoxy) is 1. The normalized spacial score (nSPS) is 25.1. The highest BCUT2D eigenvalue weighted by atomic mass is 16.5. The van der Waals surface area contributed by atoms with Gasteiger partial charge in [-0.1, -0.05) is 31.6 Å². The second kappa shape index (κ2) is 4.98. The fourth-order valence-electron chi connectivity index (χ4n) is 2.25. The minimum Gasteiger partial charge on any atom is -0.381 e. The molecule has 0 bridgehead atoms. The van der Waals surface area contributed by atoms with Crippen LogP contribution in [-0.2, 0) is 4.74 Å². The van der Waals surface area contributed by atoms with Crippen LogP contribution in [0.2, 0.25) is 0 Å². The molecule has 1 heteroatoms. The van der Waals surface area contributed by atoms with Gasteiger partial charge in [-0.3, -0.25) is 0 Å². The number of hydrogen-bond acceptors (Lipinski definition) is 1. The lowest BCUT2D eigenvalue weighted by Gasteiger charge is -2.32. The quantitative estimate of drug-likeness (QED) is 0.678. The smallest absolute Gasteiger partial charge is 0.0577 e. The molecule has 0 radical (unpaired) electrons. The number of methoxy groups -OCH3 is 1. The van der Waals surface area contributed by atoms with Crippen LogP contribution in [-0.4, -0.2) is 13.2 Å². The van der Waals surface area contributed by atoms with Crippen LogP contribution in [0, 0.1) is 5.41 Å². The van der Waals surface area contributed by atoms with Gasteiger partial charge in [0.1, 0.15) is 0 Å². The molecular formula is C14H24O. The zero-order chi connectivity index (χ0) is 11.5.